The Morgan fingerprint density at radius 3 is 2.58 bits per heavy atom. The van der Waals surface area contributed by atoms with Gasteiger partial charge in [0.2, 0.25) is 0 Å². The van der Waals surface area contributed by atoms with E-state index in [0.29, 0.717) is 12.2 Å². The van der Waals surface area contributed by atoms with Crippen molar-refractivity contribution in [2.45, 2.75) is 13.5 Å². The Kier molecular flexibility index (Phi) is 3.75. The maximum Gasteiger partial charge on any atom is 0.274 e. The lowest BCUT2D eigenvalue weighted by atomic mass is 10.3. The second-order valence-electron chi connectivity index (χ2n) is 4.52. The van der Waals surface area contributed by atoms with Gasteiger partial charge < -0.3 is 4.90 Å². The predicted octanol–water partition coefficient (Wildman–Crippen LogP) is 1.50. The molecule has 0 aromatic carbocycles. The molecule has 19 heavy (non-hydrogen) atoms. The van der Waals surface area contributed by atoms with Gasteiger partial charge >= 0.3 is 0 Å². The molecule has 0 saturated carbocycles. The Labute approximate surface area is 120 Å². The number of hydrogen-bond donors (Lipinski definition) is 0. The van der Waals surface area contributed by atoms with Crippen molar-refractivity contribution >= 4 is 21.8 Å². The third-order valence-electron chi connectivity index (χ3n) is 3.08. The van der Waals surface area contributed by atoms with Gasteiger partial charge in [0, 0.05) is 26.8 Å². The lowest BCUT2D eigenvalue weighted by Crippen LogP contribution is -2.27. The molecule has 2 heterocycles. The number of amides is 1. The molecule has 2 rings (SSSR count). The minimum Gasteiger partial charge on any atom is -0.334 e. The summed E-state index contributed by atoms with van der Waals surface area (Å²) >= 11 is 3.43. The molecule has 0 N–H and O–H groups in total. The van der Waals surface area contributed by atoms with E-state index in [9.17, 15) is 4.79 Å². The molecule has 0 aliphatic heterocycles. The van der Waals surface area contributed by atoms with Crippen molar-refractivity contribution in [2.75, 3.05) is 7.05 Å². The third kappa shape index (κ3) is 2.70. The van der Waals surface area contributed by atoms with Crippen molar-refractivity contribution in [3.8, 4) is 0 Å². The number of aromatic nitrogens is 4. The number of carbonyl (C=O) groups excluding carboxylic acids is 1. The molecule has 0 unspecified atom stereocenters. The number of aryl methyl sites for hydroxylation is 3. The quantitative estimate of drug-likeness (QED) is 0.859. The fourth-order valence-electron chi connectivity index (χ4n) is 1.77. The lowest BCUT2D eigenvalue weighted by Gasteiger charge is -2.16. The lowest BCUT2D eigenvalue weighted by molar-refractivity contribution is 0.0775. The van der Waals surface area contributed by atoms with Crippen LogP contribution < -0.4 is 0 Å². The summed E-state index contributed by atoms with van der Waals surface area (Å²) in [4.78, 5) is 13.9. The van der Waals surface area contributed by atoms with Crippen molar-refractivity contribution < 1.29 is 4.79 Å². The molecule has 7 heteroatoms. The first-order chi connectivity index (χ1) is 8.90. The van der Waals surface area contributed by atoms with Crippen molar-refractivity contribution in [3.63, 3.8) is 0 Å². The summed E-state index contributed by atoms with van der Waals surface area (Å²) in [7, 11) is 5.43. The van der Waals surface area contributed by atoms with Gasteiger partial charge in [0.05, 0.1) is 22.9 Å². The highest BCUT2D eigenvalue weighted by Gasteiger charge is 2.18. The van der Waals surface area contributed by atoms with Gasteiger partial charge in [0.25, 0.3) is 5.91 Å². The van der Waals surface area contributed by atoms with Crippen LogP contribution in [0, 0.1) is 6.92 Å². The monoisotopic (exact) mass is 325 g/mol. The van der Waals surface area contributed by atoms with Gasteiger partial charge in [-0.2, -0.15) is 10.2 Å². The summed E-state index contributed by atoms with van der Waals surface area (Å²) in [5, 5.41) is 8.33. The van der Waals surface area contributed by atoms with E-state index in [4.69, 9.17) is 0 Å². The van der Waals surface area contributed by atoms with Crippen LogP contribution in [0.3, 0.4) is 0 Å². The highest BCUT2D eigenvalue weighted by atomic mass is 79.9. The summed E-state index contributed by atoms with van der Waals surface area (Å²) in [5.74, 6) is -0.100. The first-order valence-corrected chi connectivity index (χ1v) is 6.62. The molecule has 102 valence electrons. The maximum absolute atomic E-state index is 12.3. The molecule has 0 aliphatic carbocycles. The zero-order chi connectivity index (χ0) is 14.2. The van der Waals surface area contributed by atoms with Gasteiger partial charge in [0.1, 0.15) is 0 Å². The third-order valence-corrected chi connectivity index (χ3v) is 3.74. The molecule has 0 radical (unpaired) electrons. The Morgan fingerprint density at radius 2 is 2.11 bits per heavy atom. The van der Waals surface area contributed by atoms with Crippen molar-refractivity contribution in [2.24, 2.45) is 14.1 Å². The van der Waals surface area contributed by atoms with E-state index >= 15 is 0 Å². The molecular weight excluding hydrogens is 310 g/mol. The summed E-state index contributed by atoms with van der Waals surface area (Å²) in [6, 6.07) is 1.79. The molecule has 0 atom stereocenters. The standard InChI is InChI=1S/C12H16BrN5O/c1-8-5-10(15-17(8)3)12(19)16(2)7-11-9(13)6-14-18(11)4/h5-6H,7H2,1-4H3. The second-order valence-corrected chi connectivity index (χ2v) is 5.37. The van der Waals surface area contributed by atoms with Gasteiger partial charge in [-0.25, -0.2) is 0 Å². The molecule has 0 fully saturated rings. The Morgan fingerprint density at radius 1 is 1.42 bits per heavy atom. The minimum absolute atomic E-state index is 0.100. The average Bonchev–Trinajstić information content (AvgIpc) is 2.85. The molecule has 2 aromatic heterocycles. The van der Waals surface area contributed by atoms with Crippen LogP contribution in [0.25, 0.3) is 0 Å². The molecule has 0 spiro atoms. The second kappa shape index (κ2) is 5.16. The van der Waals surface area contributed by atoms with E-state index in [1.807, 2.05) is 21.0 Å². The van der Waals surface area contributed by atoms with Crippen LogP contribution in [0.1, 0.15) is 21.9 Å². The highest BCUT2D eigenvalue weighted by molar-refractivity contribution is 9.10. The van der Waals surface area contributed by atoms with E-state index in [1.165, 1.54) is 0 Å². The highest BCUT2D eigenvalue weighted by Crippen LogP contribution is 2.17. The van der Waals surface area contributed by atoms with Crippen molar-refractivity contribution in [1.82, 2.24) is 24.5 Å². The van der Waals surface area contributed by atoms with Gasteiger partial charge in [-0.3, -0.25) is 14.2 Å². The van der Waals surface area contributed by atoms with E-state index in [1.54, 1.807) is 33.6 Å². The molecule has 0 saturated heterocycles. The summed E-state index contributed by atoms with van der Waals surface area (Å²) in [6.07, 6.45) is 1.72. The SMILES string of the molecule is Cc1cc(C(=O)N(C)Cc2c(Br)cnn2C)nn1C. The zero-order valence-electron chi connectivity index (χ0n) is 11.4. The summed E-state index contributed by atoms with van der Waals surface area (Å²) in [5.41, 5.74) is 2.36. The zero-order valence-corrected chi connectivity index (χ0v) is 13.0. The first kappa shape index (κ1) is 13.8. The molecule has 2 aromatic rings. The minimum atomic E-state index is -0.100. The predicted molar refractivity (Wildman–Crippen MR) is 74.7 cm³/mol. The van der Waals surface area contributed by atoms with Crippen LogP contribution in [0.15, 0.2) is 16.7 Å². The van der Waals surface area contributed by atoms with Crippen LogP contribution in [-0.4, -0.2) is 37.4 Å². The number of hydrogen-bond acceptors (Lipinski definition) is 3. The smallest absolute Gasteiger partial charge is 0.274 e. The molecule has 0 bridgehead atoms. The average molecular weight is 326 g/mol. The van der Waals surface area contributed by atoms with Crippen LogP contribution in [0.4, 0.5) is 0 Å². The fraction of sp³-hybridized carbons (Fsp3) is 0.417. The maximum atomic E-state index is 12.3. The number of rotatable bonds is 3. The molecule has 1 amide bonds. The number of halogens is 1. The molecular formula is C12H16BrN5O. The topological polar surface area (TPSA) is 56.0 Å². The van der Waals surface area contributed by atoms with E-state index in [0.717, 1.165) is 15.9 Å². The normalized spacial score (nSPS) is 10.8. The number of nitrogens with zero attached hydrogens (tertiary/aromatic N) is 5. The van der Waals surface area contributed by atoms with Gasteiger partial charge in [0.15, 0.2) is 5.69 Å². The Hall–Kier alpha value is -1.63. The Bertz CT molecular complexity index is 577. The van der Waals surface area contributed by atoms with Crippen LogP contribution in [0.2, 0.25) is 0 Å². The van der Waals surface area contributed by atoms with Crippen LogP contribution in [0.5, 0.6) is 0 Å². The Balaban J connectivity index is 2.16. The van der Waals surface area contributed by atoms with E-state index in [-0.39, 0.29) is 5.91 Å². The summed E-state index contributed by atoms with van der Waals surface area (Å²) in [6.45, 7) is 2.40. The van der Waals surface area contributed by atoms with E-state index in [2.05, 4.69) is 26.1 Å². The van der Waals surface area contributed by atoms with Gasteiger partial charge in [-0.05, 0) is 28.9 Å². The van der Waals surface area contributed by atoms with Crippen molar-refractivity contribution in [1.29, 1.82) is 0 Å². The van der Waals surface area contributed by atoms with Crippen LogP contribution >= 0.6 is 15.9 Å². The molecule has 6 nitrogen and oxygen atoms in total. The number of carbonyl (C=O) groups is 1. The molecule has 0 aliphatic rings. The van der Waals surface area contributed by atoms with Gasteiger partial charge in [-0.15, -0.1) is 0 Å². The summed E-state index contributed by atoms with van der Waals surface area (Å²) < 4.78 is 4.34. The first-order valence-electron chi connectivity index (χ1n) is 5.82. The fourth-order valence-corrected chi connectivity index (χ4v) is 2.24. The van der Waals surface area contributed by atoms with Crippen molar-refractivity contribution in [3.05, 3.63) is 33.8 Å². The largest absolute Gasteiger partial charge is 0.334 e. The van der Waals surface area contributed by atoms with E-state index < -0.39 is 0 Å². The van der Waals surface area contributed by atoms with Gasteiger partial charge in [-0.1, -0.05) is 0 Å². The van der Waals surface area contributed by atoms with Crippen LogP contribution in [-0.2, 0) is 20.6 Å².